The molecule has 8 atom stereocenters. The fraction of sp³-hybridized carbons (Fsp3) is 0.531. The summed E-state index contributed by atoms with van der Waals surface area (Å²) in [6, 6.07) is -0.915. The molecule has 0 aromatic carbocycles. The van der Waals surface area contributed by atoms with Crippen LogP contribution in [-0.2, 0) is 14.4 Å². The molecule has 13 N–H and O–H groups in total. The zero-order chi connectivity index (χ0) is 48.1. The predicted octanol–water partition coefficient (Wildman–Crippen LogP) is 1.67. The highest BCUT2D eigenvalue weighted by molar-refractivity contribution is 5.79. The molecule has 63 heavy (non-hydrogen) atoms. The summed E-state index contributed by atoms with van der Waals surface area (Å²) in [5.41, 5.74) is 7.02. The molecule has 0 saturated heterocycles. The number of unbranched alkanes of at least 4 members (excludes halogenated alkanes) is 2. The molecule has 14 nitrogen and oxygen atoms in total. The summed E-state index contributed by atoms with van der Waals surface area (Å²) in [5, 5.41) is 80.5. The van der Waals surface area contributed by atoms with Crippen molar-refractivity contribution in [3.63, 3.8) is 0 Å². The second-order valence-corrected chi connectivity index (χ2v) is 14.7. The van der Waals surface area contributed by atoms with Crippen molar-refractivity contribution >= 4 is 17.8 Å². The maximum absolute atomic E-state index is 11.1. The zero-order valence-corrected chi connectivity index (χ0v) is 38.2. The molecule has 0 rings (SSSR count). The molecule has 358 valence electrons. The van der Waals surface area contributed by atoms with E-state index in [9.17, 15) is 55.2 Å². The SMILES string of the molecule is CCCC[C@H](O)\C=C/C=C/C=C/[C@H](O)C/C=C\C=C\[C@@H](O)CC.CC[C@H](O)/C=C/C=C\C[C@@H](O)/C=C/C=C/C=C\[C@@H](O)CCCC(=O)[O-].C[C@H]([NH3+])C(=O)NCCCC[C@H]([NH3+])C(=O)[O-]. The normalized spacial score (nSPS) is 16.3. The fourth-order valence-corrected chi connectivity index (χ4v) is 4.51. The number of hydrogen-bond acceptors (Lipinski definition) is 11. The number of rotatable bonds is 32. The van der Waals surface area contributed by atoms with Crippen LogP contribution >= 0.6 is 0 Å². The van der Waals surface area contributed by atoms with Crippen molar-refractivity contribution < 1.29 is 66.7 Å². The number of allylic oxidation sites excluding steroid dienone is 12. The number of hydrogen-bond donors (Lipinski definition) is 9. The second-order valence-electron chi connectivity index (χ2n) is 14.7. The van der Waals surface area contributed by atoms with Gasteiger partial charge in [0.25, 0.3) is 5.91 Å². The molecule has 0 aromatic heterocycles. The van der Waals surface area contributed by atoms with Gasteiger partial charge in [0, 0.05) is 18.9 Å². The molecule has 0 unspecified atom stereocenters. The number of carboxylic acid groups (broad SMARTS) is 2. The van der Waals surface area contributed by atoms with Gasteiger partial charge in [0.1, 0.15) is 6.04 Å². The molecule has 0 radical (unpaired) electrons. The van der Waals surface area contributed by atoms with Gasteiger partial charge >= 0.3 is 0 Å². The molecular weight excluding hydrogens is 807 g/mol. The predicted molar refractivity (Wildman–Crippen MR) is 247 cm³/mol. The van der Waals surface area contributed by atoms with E-state index in [0.29, 0.717) is 57.9 Å². The number of aliphatic carboxylic acids is 2. The van der Waals surface area contributed by atoms with Crippen molar-refractivity contribution in [1.29, 1.82) is 0 Å². The van der Waals surface area contributed by atoms with Gasteiger partial charge in [-0.1, -0.05) is 155 Å². The molecule has 0 aliphatic rings. The van der Waals surface area contributed by atoms with E-state index in [4.69, 9.17) is 0 Å². The first kappa shape index (κ1) is 62.8. The Balaban J connectivity index is -0.000000884. The van der Waals surface area contributed by atoms with E-state index in [0.717, 1.165) is 25.7 Å². The van der Waals surface area contributed by atoms with Gasteiger partial charge in [0.2, 0.25) is 0 Å². The van der Waals surface area contributed by atoms with E-state index < -0.39 is 48.5 Å². The summed E-state index contributed by atoms with van der Waals surface area (Å²) in [5.74, 6) is -2.31. The molecule has 0 heterocycles. The van der Waals surface area contributed by atoms with Gasteiger partial charge in [0.05, 0.1) is 42.6 Å². The van der Waals surface area contributed by atoms with Crippen LogP contribution in [0.5, 0.6) is 0 Å². The lowest BCUT2D eigenvalue weighted by Crippen LogP contribution is -2.68. The van der Waals surface area contributed by atoms with Gasteiger partial charge in [-0.2, -0.15) is 0 Å². The van der Waals surface area contributed by atoms with Crippen LogP contribution in [0.15, 0.2) is 122 Å². The number of nitrogens with one attached hydrogen (secondary N) is 1. The molecule has 1 amide bonds. The van der Waals surface area contributed by atoms with Crippen LogP contribution in [0.2, 0.25) is 0 Å². The van der Waals surface area contributed by atoms with Crippen LogP contribution in [0.3, 0.4) is 0 Å². The molecule has 0 aliphatic carbocycles. The van der Waals surface area contributed by atoms with Gasteiger partial charge in [0.15, 0.2) is 6.04 Å². The monoisotopic (exact) mass is 888 g/mol. The fourth-order valence-electron chi connectivity index (χ4n) is 4.51. The van der Waals surface area contributed by atoms with Gasteiger partial charge < -0.3 is 67.2 Å². The average Bonchev–Trinajstić information content (AvgIpc) is 3.24. The quantitative estimate of drug-likeness (QED) is 0.0346. The van der Waals surface area contributed by atoms with Crippen molar-refractivity contribution in [2.45, 2.75) is 160 Å². The minimum absolute atomic E-state index is 0.0508. The number of quaternary nitrogens is 2. The van der Waals surface area contributed by atoms with Crippen LogP contribution in [0.4, 0.5) is 0 Å². The number of amides is 1. The molecule has 14 heteroatoms. The standard InChI is InChI=1S/C20H30O5.C20H32O3.C9H19N3O3/c1-2-17(21)11-8-5-9-14-18(22)12-6-3-4-7-13-19(23)15-10-16-20(24)25;1-3-5-13-19(22)15-9-6-7-10-16-20(23)17-12-8-11-14-18(21)4-2;1-6(10)8(13)12-5-3-2-4-7(11)9(14)15/h3-9,11-13,17-19,21-23H,2,10,14-16H2,1H3,(H,24,25);6-12,14-16,18-23H,3-5,13,17H2,1-2H3;6-7H,2-5,10-11H2,1H3,(H,12,13)(H,14,15)/b4-3+,9-5-,11-8+,12-6+,13-7-;7-6+,12-8-,14-11+,15-9-,16-10+;/t17-,18-,19+;18-,19-,20-;6-,7-/m000/s1. The van der Waals surface area contributed by atoms with E-state index >= 15 is 0 Å². The Morgan fingerprint density at radius 2 is 0.921 bits per heavy atom. The highest BCUT2D eigenvalue weighted by atomic mass is 16.4. The van der Waals surface area contributed by atoms with Gasteiger partial charge in [-0.15, -0.1) is 0 Å². The first-order valence-electron chi connectivity index (χ1n) is 22.1. The van der Waals surface area contributed by atoms with Crippen molar-refractivity contribution in [2.75, 3.05) is 6.54 Å². The maximum atomic E-state index is 11.1. The molecule has 0 spiro atoms. The summed E-state index contributed by atoms with van der Waals surface area (Å²) in [7, 11) is 0. The van der Waals surface area contributed by atoms with Crippen LogP contribution < -0.4 is 27.0 Å². The van der Waals surface area contributed by atoms with Crippen molar-refractivity contribution in [3.05, 3.63) is 122 Å². The lowest BCUT2D eigenvalue weighted by atomic mass is 10.1. The summed E-state index contributed by atoms with van der Waals surface area (Å²) in [6.45, 7) is 8.19. The lowest BCUT2D eigenvalue weighted by molar-refractivity contribution is -0.438. The van der Waals surface area contributed by atoms with Crippen molar-refractivity contribution in [1.82, 2.24) is 5.32 Å². The topological polar surface area (TPSA) is 286 Å². The molecule has 0 aromatic rings. The van der Waals surface area contributed by atoms with Crippen LogP contribution in [0.1, 0.15) is 111 Å². The second kappa shape index (κ2) is 45.5. The number of carboxylic acids is 2. The van der Waals surface area contributed by atoms with E-state index in [2.05, 4.69) is 23.7 Å². The van der Waals surface area contributed by atoms with E-state index in [1.54, 1.807) is 92.0 Å². The van der Waals surface area contributed by atoms with E-state index in [1.807, 2.05) is 50.3 Å². The Morgan fingerprint density at radius 3 is 1.30 bits per heavy atom. The number of aliphatic hydroxyl groups excluding tert-OH is 6. The minimum atomic E-state index is -1.12. The van der Waals surface area contributed by atoms with Crippen LogP contribution in [0.25, 0.3) is 0 Å². The number of aliphatic hydroxyl groups is 6. The summed E-state index contributed by atoms with van der Waals surface area (Å²) in [4.78, 5) is 31.6. The van der Waals surface area contributed by atoms with E-state index in [-0.39, 0.29) is 24.5 Å². The molecule has 0 saturated carbocycles. The lowest BCUT2D eigenvalue weighted by Gasteiger charge is -2.09. The minimum Gasteiger partial charge on any atom is -0.550 e. The third-order valence-corrected chi connectivity index (χ3v) is 8.55. The average molecular weight is 888 g/mol. The summed E-state index contributed by atoms with van der Waals surface area (Å²) in [6.07, 6.45) is 40.0. The third kappa shape index (κ3) is 50.0. The Hall–Kier alpha value is -4.51. The maximum Gasteiger partial charge on any atom is 0.277 e. The zero-order valence-electron chi connectivity index (χ0n) is 38.2. The summed E-state index contributed by atoms with van der Waals surface area (Å²) >= 11 is 0. The van der Waals surface area contributed by atoms with Crippen molar-refractivity contribution in [2.24, 2.45) is 0 Å². The highest BCUT2D eigenvalue weighted by Crippen LogP contribution is 2.04. The largest absolute Gasteiger partial charge is 0.550 e. The van der Waals surface area contributed by atoms with Crippen LogP contribution in [-0.4, -0.2) is 104 Å². The van der Waals surface area contributed by atoms with Crippen molar-refractivity contribution in [3.8, 4) is 0 Å². The highest BCUT2D eigenvalue weighted by Gasteiger charge is 2.10. The number of carbonyl (C=O) groups excluding carboxylic acids is 3. The van der Waals surface area contributed by atoms with Gasteiger partial charge in [-0.25, -0.2) is 0 Å². The van der Waals surface area contributed by atoms with E-state index in [1.165, 1.54) is 0 Å². The summed E-state index contributed by atoms with van der Waals surface area (Å²) < 4.78 is 0. The molecule has 0 aliphatic heterocycles. The Bertz CT molecular complexity index is 1450. The number of carbonyl (C=O) groups is 3. The molecule has 0 bridgehead atoms. The first-order chi connectivity index (χ1) is 30.0. The molecular formula is C49H81N3O11. The molecule has 0 fully saturated rings. The Kier molecular flexibility index (Phi) is 45.4. The van der Waals surface area contributed by atoms with Gasteiger partial charge in [-0.3, -0.25) is 4.79 Å². The third-order valence-electron chi connectivity index (χ3n) is 8.55. The van der Waals surface area contributed by atoms with Gasteiger partial charge in [-0.05, 0) is 71.1 Å². The Labute approximate surface area is 376 Å². The van der Waals surface area contributed by atoms with Crippen LogP contribution in [0, 0.1) is 0 Å². The smallest absolute Gasteiger partial charge is 0.277 e. The Morgan fingerprint density at radius 1 is 0.524 bits per heavy atom. The first-order valence-corrected chi connectivity index (χ1v) is 22.1.